The third kappa shape index (κ3) is 6.09. The first kappa shape index (κ1) is 22.4. The Morgan fingerprint density at radius 3 is 2.47 bits per heavy atom. The maximum Gasteiger partial charge on any atom is 0.219 e. The van der Waals surface area contributed by atoms with E-state index in [4.69, 9.17) is 9.47 Å². The molecule has 0 bridgehead atoms. The molecule has 3 rings (SSSR count). The van der Waals surface area contributed by atoms with Crippen molar-refractivity contribution in [2.45, 2.75) is 58.1 Å². The van der Waals surface area contributed by atoms with E-state index in [1.54, 1.807) is 14.0 Å². The standard InChI is InChI=1S/C26H35NO3/c1-20(28)27(19-21-10-12-24(29-4)13-11-21)16-14-25(22-8-6-5-7-9-22)23-15-17-30-26(2,3)18-23/h5-13,23,25H,14-19H2,1-4H3/t23-,25-/m0/s1. The molecule has 1 fully saturated rings. The first-order chi connectivity index (χ1) is 14.4. The summed E-state index contributed by atoms with van der Waals surface area (Å²) in [5, 5.41) is 0. The number of amides is 1. The fraction of sp³-hybridized carbons (Fsp3) is 0.500. The van der Waals surface area contributed by atoms with Crippen molar-refractivity contribution in [3.63, 3.8) is 0 Å². The minimum Gasteiger partial charge on any atom is -0.497 e. The van der Waals surface area contributed by atoms with Crippen LogP contribution < -0.4 is 4.74 Å². The topological polar surface area (TPSA) is 38.8 Å². The lowest BCUT2D eigenvalue weighted by molar-refractivity contribution is -0.129. The van der Waals surface area contributed by atoms with Gasteiger partial charge in [0.05, 0.1) is 12.7 Å². The predicted molar refractivity (Wildman–Crippen MR) is 121 cm³/mol. The molecule has 4 nitrogen and oxygen atoms in total. The molecular weight excluding hydrogens is 374 g/mol. The lowest BCUT2D eigenvalue weighted by atomic mass is 9.75. The molecule has 1 aliphatic heterocycles. The van der Waals surface area contributed by atoms with E-state index in [9.17, 15) is 4.79 Å². The fourth-order valence-electron chi connectivity index (χ4n) is 4.59. The molecule has 4 heteroatoms. The highest BCUT2D eigenvalue weighted by Crippen LogP contribution is 2.40. The molecule has 162 valence electrons. The molecule has 2 aromatic rings. The summed E-state index contributed by atoms with van der Waals surface area (Å²) >= 11 is 0. The molecule has 0 aliphatic carbocycles. The van der Waals surface area contributed by atoms with Gasteiger partial charge >= 0.3 is 0 Å². The molecule has 0 spiro atoms. The molecule has 0 N–H and O–H groups in total. The summed E-state index contributed by atoms with van der Waals surface area (Å²) in [5.74, 6) is 1.93. The van der Waals surface area contributed by atoms with Gasteiger partial charge in [0, 0.05) is 26.6 Å². The Hall–Kier alpha value is -2.33. The number of hydrogen-bond donors (Lipinski definition) is 0. The Balaban J connectivity index is 1.72. The van der Waals surface area contributed by atoms with Crippen molar-refractivity contribution in [2.24, 2.45) is 5.92 Å². The second kappa shape index (κ2) is 10.1. The molecule has 0 saturated carbocycles. The molecule has 1 aliphatic rings. The van der Waals surface area contributed by atoms with E-state index in [1.165, 1.54) is 5.56 Å². The Kier molecular flexibility index (Phi) is 7.54. The van der Waals surface area contributed by atoms with Gasteiger partial charge in [-0.05, 0) is 68.2 Å². The van der Waals surface area contributed by atoms with Crippen molar-refractivity contribution in [3.8, 4) is 5.75 Å². The van der Waals surface area contributed by atoms with Gasteiger partial charge in [-0.2, -0.15) is 0 Å². The lowest BCUT2D eigenvalue weighted by Gasteiger charge is -2.40. The Bertz CT molecular complexity index is 801. The van der Waals surface area contributed by atoms with Crippen molar-refractivity contribution >= 4 is 5.91 Å². The van der Waals surface area contributed by atoms with E-state index in [1.807, 2.05) is 29.2 Å². The van der Waals surface area contributed by atoms with Crippen molar-refractivity contribution < 1.29 is 14.3 Å². The lowest BCUT2D eigenvalue weighted by Crippen LogP contribution is -2.37. The average Bonchev–Trinajstić information content (AvgIpc) is 2.73. The van der Waals surface area contributed by atoms with E-state index in [0.717, 1.165) is 43.7 Å². The van der Waals surface area contributed by atoms with Crippen LogP contribution in [0.25, 0.3) is 0 Å². The third-order valence-corrected chi connectivity index (χ3v) is 6.22. The number of ether oxygens (including phenoxy) is 2. The van der Waals surface area contributed by atoms with E-state index in [-0.39, 0.29) is 11.5 Å². The highest BCUT2D eigenvalue weighted by molar-refractivity contribution is 5.73. The maximum atomic E-state index is 12.4. The number of hydrogen-bond acceptors (Lipinski definition) is 3. The summed E-state index contributed by atoms with van der Waals surface area (Å²) in [6, 6.07) is 18.7. The van der Waals surface area contributed by atoms with Crippen molar-refractivity contribution in [2.75, 3.05) is 20.3 Å². The minimum atomic E-state index is -0.0840. The van der Waals surface area contributed by atoms with Crippen molar-refractivity contribution in [3.05, 3.63) is 65.7 Å². The second-order valence-corrected chi connectivity index (χ2v) is 8.96. The normalized spacial score (nSPS) is 19.1. The SMILES string of the molecule is COc1ccc(CN(CC[C@@H](c2ccccc2)[C@H]2CCOC(C)(C)C2)C(C)=O)cc1. The molecule has 0 radical (unpaired) electrons. The van der Waals surface area contributed by atoms with E-state index >= 15 is 0 Å². The van der Waals surface area contributed by atoms with Crippen molar-refractivity contribution in [1.82, 2.24) is 4.90 Å². The zero-order chi connectivity index (χ0) is 21.6. The average molecular weight is 410 g/mol. The van der Waals surface area contributed by atoms with Crippen LogP contribution in [0.4, 0.5) is 0 Å². The van der Waals surface area contributed by atoms with E-state index in [0.29, 0.717) is 18.4 Å². The number of nitrogens with zero attached hydrogens (tertiary/aromatic N) is 1. The van der Waals surface area contributed by atoms with E-state index < -0.39 is 0 Å². The van der Waals surface area contributed by atoms with E-state index in [2.05, 4.69) is 44.2 Å². The number of carbonyl (C=O) groups is 1. The van der Waals surface area contributed by atoms with Crippen molar-refractivity contribution in [1.29, 1.82) is 0 Å². The molecule has 1 heterocycles. The van der Waals surface area contributed by atoms with Gasteiger partial charge in [0.15, 0.2) is 0 Å². The number of benzene rings is 2. The van der Waals surface area contributed by atoms with Crippen LogP contribution in [0, 0.1) is 5.92 Å². The summed E-state index contributed by atoms with van der Waals surface area (Å²) < 4.78 is 11.2. The van der Waals surface area contributed by atoms with Gasteiger partial charge in [-0.15, -0.1) is 0 Å². The summed E-state index contributed by atoms with van der Waals surface area (Å²) in [6.45, 7) is 8.22. The van der Waals surface area contributed by atoms with Crippen LogP contribution in [0.1, 0.15) is 57.1 Å². The summed E-state index contributed by atoms with van der Waals surface area (Å²) in [4.78, 5) is 14.3. The van der Waals surface area contributed by atoms with Gasteiger partial charge in [0.1, 0.15) is 5.75 Å². The highest BCUT2D eigenvalue weighted by Gasteiger charge is 2.34. The van der Waals surface area contributed by atoms with Crippen LogP contribution in [0.3, 0.4) is 0 Å². The molecule has 2 aromatic carbocycles. The molecule has 2 atom stereocenters. The van der Waals surface area contributed by atoms with Crippen LogP contribution in [0.5, 0.6) is 5.75 Å². The van der Waals surface area contributed by atoms with Crippen LogP contribution in [-0.4, -0.2) is 36.7 Å². The highest BCUT2D eigenvalue weighted by atomic mass is 16.5. The smallest absolute Gasteiger partial charge is 0.219 e. The van der Waals surface area contributed by atoms with Gasteiger partial charge in [0.2, 0.25) is 5.91 Å². The van der Waals surface area contributed by atoms with Gasteiger partial charge in [-0.1, -0.05) is 42.5 Å². The largest absolute Gasteiger partial charge is 0.497 e. The fourth-order valence-corrected chi connectivity index (χ4v) is 4.59. The minimum absolute atomic E-state index is 0.0840. The number of rotatable bonds is 8. The van der Waals surface area contributed by atoms with Crippen LogP contribution in [-0.2, 0) is 16.1 Å². The Morgan fingerprint density at radius 2 is 1.87 bits per heavy atom. The maximum absolute atomic E-state index is 12.4. The van der Waals surface area contributed by atoms with Gasteiger partial charge in [0.25, 0.3) is 0 Å². The third-order valence-electron chi connectivity index (χ3n) is 6.22. The zero-order valence-electron chi connectivity index (χ0n) is 18.8. The molecule has 0 unspecified atom stereocenters. The van der Waals surface area contributed by atoms with Gasteiger partial charge < -0.3 is 14.4 Å². The van der Waals surface area contributed by atoms with Gasteiger partial charge in [-0.25, -0.2) is 0 Å². The number of carbonyl (C=O) groups excluding carboxylic acids is 1. The van der Waals surface area contributed by atoms with Crippen LogP contribution >= 0.6 is 0 Å². The zero-order valence-corrected chi connectivity index (χ0v) is 18.8. The molecule has 0 aromatic heterocycles. The van der Waals surface area contributed by atoms with Crippen LogP contribution in [0.15, 0.2) is 54.6 Å². The predicted octanol–water partition coefficient (Wildman–Crippen LogP) is 5.42. The second-order valence-electron chi connectivity index (χ2n) is 8.96. The Morgan fingerprint density at radius 1 is 1.17 bits per heavy atom. The summed E-state index contributed by atoms with van der Waals surface area (Å²) in [7, 11) is 1.66. The molecular formula is C26H35NO3. The van der Waals surface area contributed by atoms with Crippen LogP contribution in [0.2, 0.25) is 0 Å². The first-order valence-electron chi connectivity index (χ1n) is 11.0. The summed E-state index contributed by atoms with van der Waals surface area (Å²) in [6.07, 6.45) is 3.08. The quantitative estimate of drug-likeness (QED) is 0.584. The molecule has 1 amide bonds. The summed E-state index contributed by atoms with van der Waals surface area (Å²) in [5.41, 5.74) is 2.40. The first-order valence-corrected chi connectivity index (χ1v) is 11.0. The Labute approximate surface area is 181 Å². The van der Waals surface area contributed by atoms with Gasteiger partial charge in [-0.3, -0.25) is 4.79 Å². The molecule has 1 saturated heterocycles. The molecule has 30 heavy (non-hydrogen) atoms. The number of methoxy groups -OCH3 is 1. The monoisotopic (exact) mass is 409 g/mol.